The molecule has 0 radical (unpaired) electrons. The van der Waals surface area contributed by atoms with Crippen molar-refractivity contribution in [2.45, 2.75) is 13.5 Å². The number of aryl methyl sites for hydroxylation is 1. The summed E-state index contributed by atoms with van der Waals surface area (Å²) in [6.45, 7) is 4.87. The van der Waals surface area contributed by atoms with Crippen LogP contribution in [0.2, 0.25) is 0 Å². The average Bonchev–Trinajstić information content (AvgIpc) is 3.02. The van der Waals surface area contributed by atoms with E-state index in [1.807, 2.05) is 11.0 Å². The Labute approximate surface area is 143 Å². The molecule has 1 fully saturated rings. The molecular weight excluding hydrogens is 326 g/mol. The van der Waals surface area contributed by atoms with Crippen LogP contribution in [0.15, 0.2) is 14.1 Å². The number of nitriles is 1. The first kappa shape index (κ1) is 16.9. The SMILES string of the molecule is Cc1noc(CN2CCN(c3c(C#N)c(=O)n(C)c(=O)n3C)CC2)n1. The molecule has 3 rings (SSSR count). The van der Waals surface area contributed by atoms with Crippen molar-refractivity contribution in [2.75, 3.05) is 31.1 Å². The summed E-state index contributed by atoms with van der Waals surface area (Å²) in [5.41, 5.74) is -1.02. The first-order valence-electron chi connectivity index (χ1n) is 7.89. The topological polar surface area (TPSA) is 113 Å². The van der Waals surface area contributed by atoms with E-state index in [-0.39, 0.29) is 5.56 Å². The lowest BCUT2D eigenvalue weighted by Crippen LogP contribution is -2.50. The second-order valence-electron chi connectivity index (χ2n) is 6.01. The zero-order valence-electron chi connectivity index (χ0n) is 14.4. The Bertz CT molecular complexity index is 942. The van der Waals surface area contributed by atoms with Gasteiger partial charge in [0.2, 0.25) is 5.89 Å². The summed E-state index contributed by atoms with van der Waals surface area (Å²) >= 11 is 0. The Morgan fingerprint density at radius 1 is 1.16 bits per heavy atom. The molecule has 10 heteroatoms. The van der Waals surface area contributed by atoms with Crippen LogP contribution in [0.5, 0.6) is 0 Å². The molecule has 1 saturated heterocycles. The highest BCUT2D eigenvalue weighted by molar-refractivity contribution is 5.53. The Balaban J connectivity index is 1.81. The number of hydrogen-bond acceptors (Lipinski definition) is 8. The standard InChI is InChI=1S/C15H19N7O3/c1-10-17-12(25-18-10)9-21-4-6-22(7-5-21)13-11(8-16)14(23)20(3)15(24)19(13)2/h4-7,9H2,1-3H3. The van der Waals surface area contributed by atoms with Gasteiger partial charge >= 0.3 is 5.69 Å². The van der Waals surface area contributed by atoms with Crippen molar-refractivity contribution in [1.82, 2.24) is 24.2 Å². The van der Waals surface area contributed by atoms with Gasteiger partial charge in [-0.3, -0.25) is 18.8 Å². The lowest BCUT2D eigenvalue weighted by atomic mass is 10.2. The maximum atomic E-state index is 12.2. The van der Waals surface area contributed by atoms with Crippen LogP contribution in [-0.2, 0) is 20.6 Å². The Morgan fingerprint density at radius 2 is 1.84 bits per heavy atom. The molecule has 3 heterocycles. The van der Waals surface area contributed by atoms with Gasteiger partial charge in [-0.1, -0.05) is 5.16 Å². The van der Waals surface area contributed by atoms with Crippen molar-refractivity contribution in [3.63, 3.8) is 0 Å². The summed E-state index contributed by atoms with van der Waals surface area (Å²) in [4.78, 5) is 32.6. The van der Waals surface area contributed by atoms with E-state index in [1.165, 1.54) is 11.6 Å². The molecule has 0 saturated carbocycles. The van der Waals surface area contributed by atoms with Crippen molar-refractivity contribution >= 4 is 5.82 Å². The largest absolute Gasteiger partial charge is 0.354 e. The first-order valence-corrected chi connectivity index (χ1v) is 7.89. The minimum absolute atomic E-state index is 0.00873. The van der Waals surface area contributed by atoms with Crippen LogP contribution < -0.4 is 16.1 Å². The fraction of sp³-hybridized carbons (Fsp3) is 0.533. The molecule has 0 bridgehead atoms. The predicted molar refractivity (Wildman–Crippen MR) is 88.2 cm³/mol. The summed E-state index contributed by atoms with van der Waals surface area (Å²) < 4.78 is 7.44. The van der Waals surface area contributed by atoms with Gasteiger partial charge in [-0.2, -0.15) is 10.2 Å². The molecule has 2 aromatic rings. The molecule has 1 aliphatic rings. The van der Waals surface area contributed by atoms with Gasteiger partial charge in [0.1, 0.15) is 11.9 Å². The van der Waals surface area contributed by atoms with Gasteiger partial charge in [0, 0.05) is 40.3 Å². The van der Waals surface area contributed by atoms with Gasteiger partial charge < -0.3 is 9.42 Å². The van der Waals surface area contributed by atoms with E-state index >= 15 is 0 Å². The van der Waals surface area contributed by atoms with Gasteiger partial charge in [0.05, 0.1) is 6.54 Å². The van der Waals surface area contributed by atoms with E-state index < -0.39 is 11.2 Å². The fourth-order valence-electron chi connectivity index (χ4n) is 3.01. The van der Waals surface area contributed by atoms with Crippen LogP contribution >= 0.6 is 0 Å². The van der Waals surface area contributed by atoms with Gasteiger partial charge in [-0.15, -0.1) is 0 Å². The van der Waals surface area contributed by atoms with Crippen LogP contribution in [0.3, 0.4) is 0 Å². The molecule has 132 valence electrons. The smallest absolute Gasteiger partial charge is 0.332 e. The maximum Gasteiger partial charge on any atom is 0.332 e. The number of nitrogens with zero attached hydrogens (tertiary/aromatic N) is 7. The maximum absolute atomic E-state index is 12.2. The number of hydrogen-bond donors (Lipinski definition) is 0. The summed E-state index contributed by atoms with van der Waals surface area (Å²) in [7, 11) is 2.95. The average molecular weight is 345 g/mol. The van der Waals surface area contributed by atoms with Crippen molar-refractivity contribution in [3.8, 4) is 6.07 Å². The summed E-state index contributed by atoms with van der Waals surface area (Å²) in [6.07, 6.45) is 0. The number of aromatic nitrogens is 4. The Kier molecular flexibility index (Phi) is 4.41. The first-order chi connectivity index (χ1) is 11.9. The number of piperazine rings is 1. The molecule has 1 aliphatic heterocycles. The lowest BCUT2D eigenvalue weighted by Gasteiger charge is -2.36. The van der Waals surface area contributed by atoms with E-state index in [1.54, 1.807) is 14.0 Å². The zero-order chi connectivity index (χ0) is 18.1. The van der Waals surface area contributed by atoms with Crippen molar-refractivity contribution in [3.05, 3.63) is 38.1 Å². The molecule has 10 nitrogen and oxygen atoms in total. The second-order valence-corrected chi connectivity index (χ2v) is 6.01. The van der Waals surface area contributed by atoms with Crippen LogP contribution in [0.4, 0.5) is 5.82 Å². The van der Waals surface area contributed by atoms with E-state index in [4.69, 9.17) is 4.52 Å². The quantitative estimate of drug-likeness (QED) is 0.694. The molecule has 2 aromatic heterocycles. The lowest BCUT2D eigenvalue weighted by molar-refractivity contribution is 0.214. The highest BCUT2D eigenvalue weighted by atomic mass is 16.5. The third-order valence-corrected chi connectivity index (χ3v) is 4.35. The number of rotatable bonds is 3. The van der Waals surface area contributed by atoms with Gasteiger partial charge in [-0.25, -0.2) is 4.79 Å². The molecule has 0 spiro atoms. The van der Waals surface area contributed by atoms with Crippen molar-refractivity contribution in [1.29, 1.82) is 5.26 Å². The molecular formula is C15H19N7O3. The Hall–Kier alpha value is -2.93. The van der Waals surface area contributed by atoms with E-state index in [0.29, 0.717) is 50.3 Å². The molecule has 0 amide bonds. The van der Waals surface area contributed by atoms with Crippen molar-refractivity contribution in [2.24, 2.45) is 14.1 Å². The van der Waals surface area contributed by atoms with Crippen LogP contribution in [0.25, 0.3) is 0 Å². The highest BCUT2D eigenvalue weighted by Gasteiger charge is 2.25. The molecule has 25 heavy (non-hydrogen) atoms. The zero-order valence-corrected chi connectivity index (χ0v) is 14.4. The van der Waals surface area contributed by atoms with Gasteiger partial charge in [-0.05, 0) is 6.92 Å². The predicted octanol–water partition coefficient (Wildman–Crippen LogP) is -1.03. The minimum atomic E-state index is -0.565. The summed E-state index contributed by atoms with van der Waals surface area (Å²) in [5.74, 6) is 1.54. The third-order valence-electron chi connectivity index (χ3n) is 4.35. The summed E-state index contributed by atoms with van der Waals surface area (Å²) in [6, 6.07) is 1.94. The van der Waals surface area contributed by atoms with Gasteiger partial charge in [0.25, 0.3) is 5.56 Å². The fourth-order valence-corrected chi connectivity index (χ4v) is 3.01. The second kappa shape index (κ2) is 6.52. The molecule has 0 aliphatic carbocycles. The van der Waals surface area contributed by atoms with E-state index in [0.717, 1.165) is 4.57 Å². The highest BCUT2D eigenvalue weighted by Crippen LogP contribution is 2.17. The van der Waals surface area contributed by atoms with Crippen LogP contribution in [-0.4, -0.2) is 50.4 Å². The monoisotopic (exact) mass is 345 g/mol. The summed E-state index contributed by atoms with van der Waals surface area (Å²) in [5, 5.41) is 13.1. The normalized spacial score (nSPS) is 15.4. The van der Waals surface area contributed by atoms with Gasteiger partial charge in [0.15, 0.2) is 11.4 Å². The third kappa shape index (κ3) is 3.06. The molecule has 0 atom stereocenters. The minimum Gasteiger partial charge on any atom is -0.354 e. The van der Waals surface area contributed by atoms with Crippen molar-refractivity contribution < 1.29 is 4.52 Å². The molecule has 0 aromatic carbocycles. The van der Waals surface area contributed by atoms with E-state index in [2.05, 4.69) is 15.0 Å². The molecule has 0 unspecified atom stereocenters. The molecule has 0 N–H and O–H groups in total. The van der Waals surface area contributed by atoms with Crippen LogP contribution in [0.1, 0.15) is 17.3 Å². The van der Waals surface area contributed by atoms with Crippen LogP contribution in [0, 0.1) is 18.3 Å². The number of anilines is 1. The Morgan fingerprint density at radius 3 is 2.40 bits per heavy atom. The van der Waals surface area contributed by atoms with E-state index in [9.17, 15) is 14.9 Å².